The average molecular weight is 156 g/mol. The van der Waals surface area contributed by atoms with E-state index in [-0.39, 0.29) is 5.78 Å². The Labute approximate surface area is 67.6 Å². The van der Waals surface area contributed by atoms with Crippen LogP contribution in [0.15, 0.2) is 0 Å². The fourth-order valence-electron chi connectivity index (χ4n) is 1.64. The van der Waals surface area contributed by atoms with Crippen molar-refractivity contribution in [3.63, 3.8) is 0 Å². The monoisotopic (exact) mass is 156 g/mol. The molecule has 0 saturated heterocycles. The molecule has 1 aliphatic rings. The molecule has 1 rings (SSSR count). The molecule has 11 heavy (non-hydrogen) atoms. The van der Waals surface area contributed by atoms with Gasteiger partial charge in [-0.2, -0.15) is 0 Å². The minimum atomic E-state index is -0.670. The van der Waals surface area contributed by atoms with E-state index in [4.69, 9.17) is 0 Å². The summed E-state index contributed by atoms with van der Waals surface area (Å²) in [6.45, 7) is 4.29. The largest absolute Gasteiger partial charge is 0.385 e. The van der Waals surface area contributed by atoms with E-state index < -0.39 is 6.10 Å². The van der Waals surface area contributed by atoms with Gasteiger partial charge in [0.05, 0.1) is 0 Å². The SMILES string of the molecule is CC(C)C1CCC(=O)C(O)C1. The molecule has 0 aromatic carbocycles. The summed E-state index contributed by atoms with van der Waals surface area (Å²) in [5.41, 5.74) is 0. The highest BCUT2D eigenvalue weighted by molar-refractivity contribution is 5.83. The number of carbonyl (C=O) groups is 1. The Hall–Kier alpha value is -0.370. The molecule has 0 aromatic rings. The zero-order chi connectivity index (χ0) is 8.43. The Morgan fingerprint density at radius 2 is 2.18 bits per heavy atom. The molecule has 2 nitrogen and oxygen atoms in total. The maximum Gasteiger partial charge on any atom is 0.161 e. The van der Waals surface area contributed by atoms with Gasteiger partial charge < -0.3 is 5.11 Å². The van der Waals surface area contributed by atoms with Gasteiger partial charge in [-0.15, -0.1) is 0 Å². The third-order valence-corrected chi connectivity index (χ3v) is 2.60. The number of aliphatic hydroxyl groups excluding tert-OH is 1. The summed E-state index contributed by atoms with van der Waals surface area (Å²) in [4.78, 5) is 10.9. The predicted molar refractivity (Wildman–Crippen MR) is 43.2 cm³/mol. The Morgan fingerprint density at radius 3 is 2.64 bits per heavy atom. The maximum absolute atomic E-state index is 10.9. The van der Waals surface area contributed by atoms with Gasteiger partial charge in [0.2, 0.25) is 0 Å². The summed E-state index contributed by atoms with van der Waals surface area (Å²) in [6, 6.07) is 0. The van der Waals surface area contributed by atoms with Crippen molar-refractivity contribution in [2.24, 2.45) is 11.8 Å². The van der Waals surface area contributed by atoms with Crippen LogP contribution in [0.5, 0.6) is 0 Å². The van der Waals surface area contributed by atoms with Gasteiger partial charge in [0.25, 0.3) is 0 Å². The van der Waals surface area contributed by atoms with Crippen LogP contribution in [0.4, 0.5) is 0 Å². The Bertz CT molecular complexity index is 152. The van der Waals surface area contributed by atoms with Gasteiger partial charge in [-0.25, -0.2) is 0 Å². The average Bonchev–Trinajstić information content (AvgIpc) is 1.94. The van der Waals surface area contributed by atoms with Crippen molar-refractivity contribution in [1.82, 2.24) is 0 Å². The van der Waals surface area contributed by atoms with E-state index in [1.807, 2.05) is 0 Å². The van der Waals surface area contributed by atoms with Gasteiger partial charge in [-0.05, 0) is 24.7 Å². The molecule has 1 aliphatic carbocycles. The fraction of sp³-hybridized carbons (Fsp3) is 0.889. The van der Waals surface area contributed by atoms with Crippen molar-refractivity contribution in [1.29, 1.82) is 0 Å². The first-order valence-corrected chi connectivity index (χ1v) is 4.32. The molecule has 1 fully saturated rings. The number of aliphatic hydroxyl groups is 1. The van der Waals surface area contributed by atoms with Crippen LogP contribution in [0.25, 0.3) is 0 Å². The smallest absolute Gasteiger partial charge is 0.161 e. The molecule has 0 amide bonds. The zero-order valence-electron chi connectivity index (χ0n) is 7.21. The summed E-state index contributed by atoms with van der Waals surface area (Å²) in [5, 5.41) is 9.25. The van der Waals surface area contributed by atoms with Crippen molar-refractivity contribution >= 4 is 5.78 Å². The maximum atomic E-state index is 10.9. The molecule has 1 N–H and O–H groups in total. The molecule has 0 spiro atoms. The van der Waals surface area contributed by atoms with Crippen LogP contribution < -0.4 is 0 Å². The quantitative estimate of drug-likeness (QED) is 0.622. The van der Waals surface area contributed by atoms with Crippen molar-refractivity contribution in [2.75, 3.05) is 0 Å². The normalized spacial score (nSPS) is 32.9. The van der Waals surface area contributed by atoms with Gasteiger partial charge in [0.15, 0.2) is 5.78 Å². The molecule has 64 valence electrons. The number of rotatable bonds is 1. The topological polar surface area (TPSA) is 37.3 Å². The second-order valence-electron chi connectivity index (χ2n) is 3.76. The van der Waals surface area contributed by atoms with E-state index in [2.05, 4.69) is 13.8 Å². The first-order chi connectivity index (χ1) is 5.11. The molecule has 2 atom stereocenters. The number of carbonyl (C=O) groups excluding carboxylic acids is 1. The first kappa shape index (κ1) is 8.72. The van der Waals surface area contributed by atoms with Crippen molar-refractivity contribution in [3.8, 4) is 0 Å². The van der Waals surface area contributed by atoms with E-state index in [9.17, 15) is 9.90 Å². The van der Waals surface area contributed by atoms with E-state index in [1.54, 1.807) is 0 Å². The third kappa shape index (κ3) is 2.03. The third-order valence-electron chi connectivity index (χ3n) is 2.60. The molecule has 0 aromatic heterocycles. The number of Topliss-reactive ketones (excluding diaryl/α,β-unsaturated/α-hetero) is 1. The lowest BCUT2D eigenvalue weighted by atomic mass is 9.80. The van der Waals surface area contributed by atoms with Crippen molar-refractivity contribution in [3.05, 3.63) is 0 Å². The Morgan fingerprint density at radius 1 is 1.55 bits per heavy atom. The highest BCUT2D eigenvalue weighted by Gasteiger charge is 2.28. The van der Waals surface area contributed by atoms with Crippen molar-refractivity contribution < 1.29 is 9.90 Å². The van der Waals surface area contributed by atoms with Gasteiger partial charge in [-0.3, -0.25) is 4.79 Å². The van der Waals surface area contributed by atoms with Crippen LogP contribution in [-0.2, 0) is 4.79 Å². The minimum Gasteiger partial charge on any atom is -0.385 e. The highest BCUT2D eigenvalue weighted by Crippen LogP contribution is 2.27. The molecule has 0 bridgehead atoms. The van der Waals surface area contributed by atoms with Gasteiger partial charge in [0, 0.05) is 6.42 Å². The first-order valence-electron chi connectivity index (χ1n) is 4.32. The summed E-state index contributed by atoms with van der Waals surface area (Å²) < 4.78 is 0. The molecule has 0 aliphatic heterocycles. The molecule has 0 heterocycles. The van der Waals surface area contributed by atoms with Crippen LogP contribution in [0.3, 0.4) is 0 Å². The molecule has 0 radical (unpaired) electrons. The van der Waals surface area contributed by atoms with Crippen LogP contribution in [0.2, 0.25) is 0 Å². The Balaban J connectivity index is 2.46. The van der Waals surface area contributed by atoms with Gasteiger partial charge in [0.1, 0.15) is 6.10 Å². The molecule has 2 unspecified atom stereocenters. The second-order valence-corrected chi connectivity index (χ2v) is 3.76. The van der Waals surface area contributed by atoms with Crippen LogP contribution in [0, 0.1) is 11.8 Å². The number of hydrogen-bond acceptors (Lipinski definition) is 2. The van der Waals surface area contributed by atoms with Gasteiger partial charge >= 0.3 is 0 Å². The zero-order valence-corrected chi connectivity index (χ0v) is 7.21. The van der Waals surface area contributed by atoms with E-state index in [1.165, 1.54) is 0 Å². The van der Waals surface area contributed by atoms with Crippen LogP contribution in [0.1, 0.15) is 33.1 Å². The lowest BCUT2D eigenvalue weighted by molar-refractivity contribution is -0.131. The Kier molecular flexibility index (Phi) is 2.66. The summed E-state index contributed by atoms with van der Waals surface area (Å²) >= 11 is 0. The summed E-state index contributed by atoms with van der Waals surface area (Å²) in [7, 11) is 0. The molecular formula is C9H16O2. The van der Waals surface area contributed by atoms with Gasteiger partial charge in [-0.1, -0.05) is 13.8 Å². The predicted octanol–water partition coefficient (Wildman–Crippen LogP) is 1.37. The van der Waals surface area contributed by atoms with E-state index in [0.29, 0.717) is 24.7 Å². The second kappa shape index (κ2) is 3.35. The standard InChI is InChI=1S/C9H16O2/c1-6(2)7-3-4-8(10)9(11)5-7/h6-7,9,11H,3-5H2,1-2H3. The lowest BCUT2D eigenvalue weighted by Gasteiger charge is -2.27. The summed E-state index contributed by atoms with van der Waals surface area (Å²) in [6.07, 6.45) is 1.55. The number of hydrogen-bond donors (Lipinski definition) is 1. The van der Waals surface area contributed by atoms with E-state index in [0.717, 1.165) is 6.42 Å². The van der Waals surface area contributed by atoms with Crippen LogP contribution >= 0.6 is 0 Å². The molecular weight excluding hydrogens is 140 g/mol. The van der Waals surface area contributed by atoms with Crippen molar-refractivity contribution in [2.45, 2.75) is 39.2 Å². The summed E-state index contributed by atoms with van der Waals surface area (Å²) in [5.74, 6) is 1.17. The number of ketones is 1. The molecule has 2 heteroatoms. The molecule has 1 saturated carbocycles. The van der Waals surface area contributed by atoms with E-state index >= 15 is 0 Å². The lowest BCUT2D eigenvalue weighted by Crippen LogP contribution is -2.31. The van der Waals surface area contributed by atoms with Crippen LogP contribution in [-0.4, -0.2) is 17.0 Å². The minimum absolute atomic E-state index is 0.0295. The fourth-order valence-corrected chi connectivity index (χ4v) is 1.64. The highest BCUT2D eigenvalue weighted by atomic mass is 16.3.